The molecule has 1 saturated carbocycles. The Labute approximate surface area is 86.9 Å². The highest BCUT2D eigenvalue weighted by molar-refractivity contribution is 9.10. The lowest BCUT2D eigenvalue weighted by Gasteiger charge is -2.07. The van der Waals surface area contributed by atoms with Gasteiger partial charge < -0.3 is 5.32 Å². The normalized spacial score (nSPS) is 15.8. The summed E-state index contributed by atoms with van der Waals surface area (Å²) in [6.45, 7) is 3.16. The molecule has 1 fully saturated rings. The fourth-order valence-corrected chi connectivity index (χ4v) is 1.73. The van der Waals surface area contributed by atoms with E-state index in [0.29, 0.717) is 0 Å². The van der Waals surface area contributed by atoms with Crippen LogP contribution >= 0.6 is 15.9 Å². The molecule has 0 aromatic carbocycles. The minimum absolute atomic E-state index is 0.893. The average Bonchev–Trinajstić information content (AvgIpc) is 2.86. The van der Waals surface area contributed by atoms with Crippen LogP contribution in [0.5, 0.6) is 0 Å². The number of aryl methyl sites for hydroxylation is 1. The number of hydrogen-bond donors (Lipinski definition) is 1. The van der Waals surface area contributed by atoms with Gasteiger partial charge in [0.2, 0.25) is 0 Å². The van der Waals surface area contributed by atoms with E-state index < -0.39 is 0 Å². The molecular weight excluding hydrogens is 228 g/mol. The minimum Gasteiger partial charge on any atom is -0.370 e. The quantitative estimate of drug-likeness (QED) is 0.879. The van der Waals surface area contributed by atoms with Gasteiger partial charge in [0.15, 0.2) is 0 Å². The van der Waals surface area contributed by atoms with Gasteiger partial charge in [-0.05, 0) is 53.2 Å². The van der Waals surface area contributed by atoms with Gasteiger partial charge >= 0.3 is 0 Å². The van der Waals surface area contributed by atoms with Crippen molar-refractivity contribution >= 4 is 21.7 Å². The lowest BCUT2D eigenvalue weighted by Crippen LogP contribution is -2.06. The van der Waals surface area contributed by atoms with Crippen molar-refractivity contribution in [2.75, 3.05) is 11.9 Å². The number of anilines is 1. The fraction of sp³-hybridized carbons (Fsp3) is 0.500. The molecule has 1 aromatic rings. The number of halogens is 1. The van der Waals surface area contributed by atoms with Crippen molar-refractivity contribution in [1.29, 1.82) is 0 Å². The molecule has 2 nitrogen and oxygen atoms in total. The highest BCUT2D eigenvalue weighted by Gasteiger charge is 2.20. The van der Waals surface area contributed by atoms with Gasteiger partial charge in [0, 0.05) is 17.2 Å². The highest BCUT2D eigenvalue weighted by atomic mass is 79.9. The van der Waals surface area contributed by atoms with Crippen LogP contribution in [0.15, 0.2) is 16.7 Å². The maximum absolute atomic E-state index is 4.32. The monoisotopic (exact) mass is 240 g/mol. The molecule has 3 heteroatoms. The molecule has 1 aromatic heterocycles. The van der Waals surface area contributed by atoms with Crippen LogP contribution in [0.2, 0.25) is 0 Å². The number of aromatic nitrogens is 1. The molecule has 13 heavy (non-hydrogen) atoms. The van der Waals surface area contributed by atoms with E-state index in [2.05, 4.69) is 39.2 Å². The summed E-state index contributed by atoms with van der Waals surface area (Å²) in [4.78, 5) is 4.32. The lowest BCUT2D eigenvalue weighted by atomic mass is 10.3. The number of pyridine rings is 1. The Morgan fingerprint density at radius 3 is 3.00 bits per heavy atom. The second-order valence-electron chi connectivity index (χ2n) is 3.64. The van der Waals surface area contributed by atoms with Crippen LogP contribution in [0.3, 0.4) is 0 Å². The maximum atomic E-state index is 4.32. The number of nitrogens with one attached hydrogen (secondary N) is 1. The average molecular weight is 241 g/mol. The first-order chi connectivity index (χ1) is 6.25. The molecule has 0 amide bonds. The topological polar surface area (TPSA) is 24.9 Å². The Hall–Kier alpha value is -0.570. The van der Waals surface area contributed by atoms with E-state index in [-0.39, 0.29) is 0 Å². The van der Waals surface area contributed by atoms with Gasteiger partial charge in [0.25, 0.3) is 0 Å². The van der Waals surface area contributed by atoms with E-state index >= 15 is 0 Å². The Kier molecular flexibility index (Phi) is 2.54. The second-order valence-corrected chi connectivity index (χ2v) is 4.56. The Balaban J connectivity index is 2.01. The van der Waals surface area contributed by atoms with E-state index in [4.69, 9.17) is 0 Å². The number of hydrogen-bond acceptors (Lipinski definition) is 2. The predicted octanol–water partition coefficient (Wildman–Crippen LogP) is 2.97. The van der Waals surface area contributed by atoms with Gasteiger partial charge in [-0.2, -0.15) is 0 Å². The third-order valence-electron chi connectivity index (χ3n) is 2.30. The smallest absolute Gasteiger partial charge is 0.128 e. The standard InChI is InChI=1S/C10H13BrN2/c1-7-4-9(11)6-13-10(7)12-5-8-2-3-8/h4,6,8H,2-3,5H2,1H3,(H,12,13). The van der Waals surface area contributed by atoms with Crippen molar-refractivity contribution in [3.05, 3.63) is 22.3 Å². The number of rotatable bonds is 3. The summed E-state index contributed by atoms with van der Waals surface area (Å²) in [5.74, 6) is 1.92. The first-order valence-corrected chi connectivity index (χ1v) is 5.41. The van der Waals surface area contributed by atoms with Gasteiger partial charge in [-0.25, -0.2) is 4.98 Å². The van der Waals surface area contributed by atoms with Crippen LogP contribution < -0.4 is 5.32 Å². The van der Waals surface area contributed by atoms with Crippen molar-refractivity contribution < 1.29 is 0 Å². The molecule has 70 valence electrons. The van der Waals surface area contributed by atoms with Gasteiger partial charge in [-0.15, -0.1) is 0 Å². The van der Waals surface area contributed by atoms with Crippen molar-refractivity contribution in [1.82, 2.24) is 4.98 Å². The fourth-order valence-electron chi connectivity index (χ4n) is 1.29. The van der Waals surface area contributed by atoms with Gasteiger partial charge in [-0.3, -0.25) is 0 Å². The van der Waals surface area contributed by atoms with Crippen LogP contribution in [0.1, 0.15) is 18.4 Å². The summed E-state index contributed by atoms with van der Waals surface area (Å²) in [6, 6.07) is 2.09. The van der Waals surface area contributed by atoms with E-state index in [9.17, 15) is 0 Å². The number of nitrogens with zero attached hydrogens (tertiary/aromatic N) is 1. The summed E-state index contributed by atoms with van der Waals surface area (Å²) in [5.41, 5.74) is 1.20. The minimum atomic E-state index is 0.893. The van der Waals surface area contributed by atoms with E-state index in [0.717, 1.165) is 22.8 Å². The lowest BCUT2D eigenvalue weighted by molar-refractivity contribution is 0.881. The van der Waals surface area contributed by atoms with Gasteiger partial charge in [0.05, 0.1) is 0 Å². The molecule has 1 aliphatic rings. The Morgan fingerprint density at radius 2 is 2.38 bits per heavy atom. The van der Waals surface area contributed by atoms with Crippen molar-refractivity contribution in [2.45, 2.75) is 19.8 Å². The van der Waals surface area contributed by atoms with Crippen LogP contribution in [0.25, 0.3) is 0 Å². The van der Waals surface area contributed by atoms with Crippen LogP contribution in [0.4, 0.5) is 5.82 Å². The SMILES string of the molecule is Cc1cc(Br)cnc1NCC1CC1. The zero-order valence-corrected chi connectivity index (χ0v) is 9.26. The van der Waals surface area contributed by atoms with E-state index in [1.807, 2.05) is 6.20 Å². The maximum Gasteiger partial charge on any atom is 0.128 e. The van der Waals surface area contributed by atoms with Crippen LogP contribution in [-0.4, -0.2) is 11.5 Å². The van der Waals surface area contributed by atoms with E-state index in [1.54, 1.807) is 0 Å². The summed E-state index contributed by atoms with van der Waals surface area (Å²) in [5, 5.41) is 3.37. The predicted molar refractivity (Wildman–Crippen MR) is 57.9 cm³/mol. The molecule has 0 unspecified atom stereocenters. The first kappa shape index (κ1) is 9.00. The third kappa shape index (κ3) is 2.44. The molecule has 0 aliphatic heterocycles. The van der Waals surface area contributed by atoms with Crippen molar-refractivity contribution in [3.8, 4) is 0 Å². The molecule has 1 N–H and O–H groups in total. The van der Waals surface area contributed by atoms with Crippen molar-refractivity contribution in [3.63, 3.8) is 0 Å². The summed E-state index contributed by atoms with van der Waals surface area (Å²) in [6.07, 6.45) is 4.59. The first-order valence-electron chi connectivity index (χ1n) is 4.62. The molecule has 2 rings (SSSR count). The molecule has 0 spiro atoms. The molecular formula is C10H13BrN2. The second kappa shape index (κ2) is 3.66. The molecule has 0 radical (unpaired) electrons. The third-order valence-corrected chi connectivity index (χ3v) is 2.73. The zero-order chi connectivity index (χ0) is 9.26. The largest absolute Gasteiger partial charge is 0.370 e. The molecule has 0 bridgehead atoms. The van der Waals surface area contributed by atoms with Crippen LogP contribution in [0, 0.1) is 12.8 Å². The van der Waals surface area contributed by atoms with Gasteiger partial charge in [-0.1, -0.05) is 0 Å². The molecule has 1 heterocycles. The van der Waals surface area contributed by atoms with Crippen LogP contribution in [-0.2, 0) is 0 Å². The van der Waals surface area contributed by atoms with E-state index in [1.165, 1.54) is 18.4 Å². The Bertz CT molecular complexity index is 308. The molecule has 0 atom stereocenters. The Morgan fingerprint density at radius 1 is 1.62 bits per heavy atom. The highest BCUT2D eigenvalue weighted by Crippen LogP contribution is 2.29. The summed E-state index contributed by atoms with van der Waals surface area (Å²) >= 11 is 3.40. The molecule has 1 aliphatic carbocycles. The zero-order valence-electron chi connectivity index (χ0n) is 7.68. The summed E-state index contributed by atoms with van der Waals surface area (Å²) < 4.78 is 1.04. The van der Waals surface area contributed by atoms with Gasteiger partial charge in [0.1, 0.15) is 5.82 Å². The molecule has 0 saturated heterocycles. The van der Waals surface area contributed by atoms with Crippen molar-refractivity contribution in [2.24, 2.45) is 5.92 Å². The summed E-state index contributed by atoms with van der Waals surface area (Å²) in [7, 11) is 0.